The smallest absolute Gasteiger partial charge is 0.358 e. The van der Waals surface area contributed by atoms with Crippen molar-refractivity contribution in [1.29, 1.82) is 0 Å². The summed E-state index contributed by atoms with van der Waals surface area (Å²) in [5, 5.41) is 0.0558. The maximum absolute atomic E-state index is 13.7. The van der Waals surface area contributed by atoms with Crippen molar-refractivity contribution in [2.75, 3.05) is 6.61 Å². The zero-order valence-corrected chi connectivity index (χ0v) is 12.1. The highest BCUT2D eigenvalue weighted by Crippen LogP contribution is 2.31. The molecule has 0 saturated carbocycles. The maximum Gasteiger partial charge on any atom is 0.358 e. The highest BCUT2D eigenvalue weighted by molar-refractivity contribution is 7.17. The van der Waals surface area contributed by atoms with Gasteiger partial charge in [0.15, 0.2) is 11.5 Å². The molecule has 0 aliphatic carbocycles. The normalized spacial score (nSPS) is 10.5. The van der Waals surface area contributed by atoms with Crippen molar-refractivity contribution in [1.82, 2.24) is 4.98 Å². The van der Waals surface area contributed by atoms with Crippen LogP contribution in [0.2, 0.25) is 0 Å². The van der Waals surface area contributed by atoms with Gasteiger partial charge in [-0.3, -0.25) is 4.79 Å². The number of benzene rings is 1. The topological polar surface area (TPSA) is 56.3 Å². The number of thiazole rings is 1. The van der Waals surface area contributed by atoms with E-state index in [0.29, 0.717) is 0 Å². The molecular weight excluding hydrogens is 300 g/mol. The molecule has 2 rings (SSSR count). The number of halogens is 2. The molecule has 7 heteroatoms. The lowest BCUT2D eigenvalue weighted by molar-refractivity contribution is 0.0517. The van der Waals surface area contributed by atoms with E-state index in [1.54, 1.807) is 6.92 Å². The molecule has 0 fully saturated rings. The predicted molar refractivity (Wildman–Crippen MR) is 73.4 cm³/mol. The van der Waals surface area contributed by atoms with Crippen LogP contribution >= 0.6 is 11.3 Å². The number of hydrogen-bond donors (Lipinski definition) is 0. The van der Waals surface area contributed by atoms with Crippen molar-refractivity contribution < 1.29 is 23.1 Å². The number of aromatic nitrogens is 1. The first kappa shape index (κ1) is 15.2. The highest BCUT2D eigenvalue weighted by Gasteiger charge is 2.24. The SMILES string of the molecule is CCOC(=O)c1nc(-c2cc(F)ccc2F)sc1C(C)=O. The van der Waals surface area contributed by atoms with Gasteiger partial charge < -0.3 is 4.74 Å². The number of rotatable bonds is 4. The van der Waals surface area contributed by atoms with Gasteiger partial charge in [-0.1, -0.05) is 0 Å². The van der Waals surface area contributed by atoms with Gasteiger partial charge in [0.2, 0.25) is 0 Å². The Labute approximate surface area is 123 Å². The average Bonchev–Trinajstić information content (AvgIpc) is 2.87. The quantitative estimate of drug-likeness (QED) is 0.641. The number of hydrogen-bond acceptors (Lipinski definition) is 5. The molecule has 2 aromatic rings. The van der Waals surface area contributed by atoms with Crippen molar-refractivity contribution in [3.8, 4) is 10.6 Å². The number of esters is 1. The third-order valence-corrected chi connectivity index (χ3v) is 3.76. The van der Waals surface area contributed by atoms with E-state index in [1.165, 1.54) is 6.92 Å². The summed E-state index contributed by atoms with van der Waals surface area (Å²) in [7, 11) is 0. The predicted octanol–water partition coefficient (Wildman–Crippen LogP) is 3.47. The van der Waals surface area contributed by atoms with E-state index in [1.807, 2.05) is 0 Å². The minimum atomic E-state index is -0.762. The molecule has 1 aromatic carbocycles. The summed E-state index contributed by atoms with van der Waals surface area (Å²) < 4.78 is 31.8. The Hall–Kier alpha value is -2.15. The standard InChI is InChI=1S/C14H11F2NO3S/c1-3-20-14(19)11-12(7(2)18)21-13(17-11)9-6-8(15)4-5-10(9)16/h4-6H,3H2,1-2H3. The summed E-state index contributed by atoms with van der Waals surface area (Å²) in [6.07, 6.45) is 0. The highest BCUT2D eigenvalue weighted by atomic mass is 32.1. The average molecular weight is 311 g/mol. The van der Waals surface area contributed by atoms with Crippen LogP contribution in [0, 0.1) is 11.6 Å². The molecule has 21 heavy (non-hydrogen) atoms. The molecule has 0 bridgehead atoms. The van der Waals surface area contributed by atoms with Crippen molar-refractivity contribution in [2.45, 2.75) is 13.8 Å². The first-order valence-electron chi connectivity index (χ1n) is 6.08. The molecule has 0 radical (unpaired) electrons. The molecular formula is C14H11F2NO3S. The monoisotopic (exact) mass is 311 g/mol. The fourth-order valence-corrected chi connectivity index (χ4v) is 2.64. The molecule has 0 unspecified atom stereocenters. The third-order valence-electron chi connectivity index (χ3n) is 2.57. The summed E-state index contributed by atoms with van der Waals surface area (Å²) in [6.45, 7) is 3.00. The Bertz CT molecular complexity index is 712. The Morgan fingerprint density at radius 3 is 2.67 bits per heavy atom. The number of carbonyl (C=O) groups excluding carboxylic acids is 2. The Kier molecular flexibility index (Phi) is 4.42. The van der Waals surface area contributed by atoms with Gasteiger partial charge in [0.05, 0.1) is 6.61 Å². The second kappa shape index (κ2) is 6.09. The molecule has 110 valence electrons. The van der Waals surface area contributed by atoms with Gasteiger partial charge in [-0.05, 0) is 25.1 Å². The van der Waals surface area contributed by atoms with E-state index < -0.39 is 23.4 Å². The van der Waals surface area contributed by atoms with Gasteiger partial charge in [0.25, 0.3) is 0 Å². The van der Waals surface area contributed by atoms with Crippen LogP contribution in [0.1, 0.15) is 34.0 Å². The molecule has 0 aliphatic rings. The number of nitrogens with zero attached hydrogens (tertiary/aromatic N) is 1. The zero-order valence-electron chi connectivity index (χ0n) is 11.3. The molecule has 0 atom stereocenters. The molecule has 0 aliphatic heterocycles. The molecule has 0 saturated heterocycles. The van der Waals surface area contributed by atoms with Crippen LogP contribution in [-0.4, -0.2) is 23.3 Å². The molecule has 0 N–H and O–H groups in total. The van der Waals surface area contributed by atoms with Crippen LogP contribution in [0.3, 0.4) is 0 Å². The third kappa shape index (κ3) is 3.13. The van der Waals surface area contributed by atoms with Crippen molar-refractivity contribution in [2.24, 2.45) is 0 Å². The number of ether oxygens (including phenoxy) is 1. The van der Waals surface area contributed by atoms with Crippen LogP contribution < -0.4 is 0 Å². The van der Waals surface area contributed by atoms with Gasteiger partial charge in [0.1, 0.15) is 21.5 Å². The van der Waals surface area contributed by atoms with Gasteiger partial charge >= 0.3 is 5.97 Å². The van der Waals surface area contributed by atoms with Gasteiger partial charge in [-0.15, -0.1) is 11.3 Å². The van der Waals surface area contributed by atoms with E-state index >= 15 is 0 Å². The van der Waals surface area contributed by atoms with E-state index in [9.17, 15) is 18.4 Å². The largest absolute Gasteiger partial charge is 0.461 e. The summed E-state index contributed by atoms with van der Waals surface area (Å²) >= 11 is 0.830. The van der Waals surface area contributed by atoms with Crippen molar-refractivity contribution >= 4 is 23.1 Å². The van der Waals surface area contributed by atoms with Gasteiger partial charge in [-0.2, -0.15) is 0 Å². The molecule has 0 spiro atoms. The maximum atomic E-state index is 13.7. The first-order valence-corrected chi connectivity index (χ1v) is 6.90. The lowest BCUT2D eigenvalue weighted by Gasteiger charge is -1.99. The molecule has 1 aromatic heterocycles. The van der Waals surface area contributed by atoms with E-state index in [0.717, 1.165) is 29.5 Å². The Balaban J connectivity index is 2.56. The fraction of sp³-hybridized carbons (Fsp3) is 0.214. The van der Waals surface area contributed by atoms with E-state index in [-0.39, 0.29) is 27.7 Å². The Morgan fingerprint density at radius 2 is 2.05 bits per heavy atom. The van der Waals surface area contributed by atoms with Gasteiger partial charge in [-0.25, -0.2) is 18.6 Å². The van der Waals surface area contributed by atoms with Crippen molar-refractivity contribution in [3.05, 3.63) is 40.4 Å². The van der Waals surface area contributed by atoms with Gasteiger partial charge in [0, 0.05) is 12.5 Å². The second-order valence-electron chi connectivity index (χ2n) is 4.10. The summed E-state index contributed by atoms with van der Waals surface area (Å²) in [6, 6.07) is 2.90. The van der Waals surface area contributed by atoms with Crippen LogP contribution in [0.5, 0.6) is 0 Å². The minimum Gasteiger partial charge on any atom is -0.461 e. The number of ketones is 1. The Morgan fingerprint density at radius 1 is 1.33 bits per heavy atom. The second-order valence-corrected chi connectivity index (χ2v) is 5.10. The van der Waals surface area contributed by atoms with E-state index in [2.05, 4.69) is 4.98 Å². The number of carbonyl (C=O) groups is 2. The van der Waals surface area contributed by atoms with Crippen LogP contribution in [0.15, 0.2) is 18.2 Å². The van der Waals surface area contributed by atoms with Crippen LogP contribution in [0.25, 0.3) is 10.6 Å². The van der Waals surface area contributed by atoms with Crippen molar-refractivity contribution in [3.63, 3.8) is 0 Å². The first-order chi connectivity index (χ1) is 9.93. The molecule has 1 heterocycles. The fourth-order valence-electron chi connectivity index (χ4n) is 1.67. The minimum absolute atomic E-state index is 0.0558. The lowest BCUT2D eigenvalue weighted by Crippen LogP contribution is -2.09. The summed E-state index contributed by atoms with van der Waals surface area (Å²) in [5.74, 6) is -2.47. The summed E-state index contributed by atoms with van der Waals surface area (Å²) in [4.78, 5) is 27.3. The van der Waals surface area contributed by atoms with E-state index in [4.69, 9.17) is 4.74 Å². The van der Waals surface area contributed by atoms with Crippen LogP contribution in [0.4, 0.5) is 8.78 Å². The van der Waals surface area contributed by atoms with Crippen LogP contribution in [-0.2, 0) is 4.74 Å². The molecule has 4 nitrogen and oxygen atoms in total. The lowest BCUT2D eigenvalue weighted by atomic mass is 10.2. The zero-order chi connectivity index (χ0) is 15.6. The summed E-state index contributed by atoms with van der Waals surface area (Å²) in [5.41, 5.74) is -0.272. The number of Topliss-reactive ketones (excluding diaryl/α,β-unsaturated/α-hetero) is 1. The molecule has 0 amide bonds.